The molecule has 1 rings (SSSR count). The monoisotopic (exact) mass is 259 g/mol. The Bertz CT molecular complexity index is 329. The molecule has 18 heavy (non-hydrogen) atoms. The highest BCUT2D eigenvalue weighted by molar-refractivity contribution is 5.66. The third kappa shape index (κ3) is 4.70. The van der Waals surface area contributed by atoms with Gasteiger partial charge in [0.05, 0.1) is 7.11 Å². The third-order valence-electron chi connectivity index (χ3n) is 2.28. The molecule has 1 heterocycles. The number of nitrogens with zero attached hydrogens (tertiary/aromatic N) is 1. The van der Waals surface area contributed by atoms with E-state index in [2.05, 4.69) is 9.73 Å². The van der Waals surface area contributed by atoms with Crippen LogP contribution in [0.3, 0.4) is 0 Å². The molecule has 0 bridgehead atoms. The first-order chi connectivity index (χ1) is 8.52. The maximum atomic E-state index is 11.0. The van der Waals surface area contributed by atoms with Gasteiger partial charge in [0.15, 0.2) is 12.6 Å². The fraction of sp³-hybridized carbons (Fsp3) is 0.727. The lowest BCUT2D eigenvalue weighted by Gasteiger charge is -2.17. The van der Waals surface area contributed by atoms with Gasteiger partial charge in [-0.25, -0.2) is 4.99 Å². The minimum Gasteiger partial charge on any atom is -0.487 e. The average Bonchev–Trinajstić information content (AvgIpc) is 2.65. The molecule has 0 N–H and O–H groups in total. The topological polar surface area (TPSA) is 83.4 Å². The van der Waals surface area contributed by atoms with Crippen LogP contribution in [0.2, 0.25) is 0 Å². The first-order valence-electron chi connectivity index (χ1n) is 5.53. The van der Waals surface area contributed by atoms with Crippen LogP contribution >= 0.6 is 0 Å². The second kappa shape index (κ2) is 6.95. The van der Waals surface area contributed by atoms with Crippen molar-refractivity contribution in [1.29, 1.82) is 0 Å². The number of hydrogen-bond donors (Lipinski definition) is 0. The van der Waals surface area contributed by atoms with Crippen LogP contribution in [0.25, 0.3) is 0 Å². The van der Waals surface area contributed by atoms with Crippen molar-refractivity contribution < 1.29 is 28.5 Å². The van der Waals surface area contributed by atoms with Crippen LogP contribution in [0, 0.1) is 0 Å². The van der Waals surface area contributed by atoms with E-state index in [0.717, 1.165) is 0 Å². The minimum absolute atomic E-state index is 0.0340. The highest BCUT2D eigenvalue weighted by atomic mass is 16.6. The van der Waals surface area contributed by atoms with Gasteiger partial charge in [0.2, 0.25) is 0 Å². The molecule has 0 amide bonds. The smallest absolute Gasteiger partial charge is 0.303 e. The lowest BCUT2D eigenvalue weighted by Crippen LogP contribution is -2.31. The van der Waals surface area contributed by atoms with Crippen molar-refractivity contribution in [2.24, 2.45) is 4.99 Å². The Morgan fingerprint density at radius 2 is 2.11 bits per heavy atom. The maximum Gasteiger partial charge on any atom is 0.303 e. The summed E-state index contributed by atoms with van der Waals surface area (Å²) in [5.74, 6) is -0.822. The number of methoxy groups -OCH3 is 1. The van der Waals surface area contributed by atoms with Crippen LogP contribution in [-0.2, 0) is 28.5 Å². The molecular formula is C11H17NO6. The summed E-state index contributed by atoms with van der Waals surface area (Å²) in [6, 6.07) is 0. The van der Waals surface area contributed by atoms with Crippen molar-refractivity contribution in [2.75, 3.05) is 13.7 Å². The van der Waals surface area contributed by atoms with Crippen molar-refractivity contribution in [3.8, 4) is 0 Å². The van der Waals surface area contributed by atoms with Gasteiger partial charge in [-0.2, -0.15) is 0 Å². The largest absolute Gasteiger partial charge is 0.487 e. The standard InChI is InChI=1S/C11H17NO6/c1-7(13)16-5-10-9(17-8(2)14)4-11(18-10)12-6-15-3/h6,9-11H,4-5H2,1-3H3/t9-,10+,11?/m0/s1. The zero-order chi connectivity index (χ0) is 13.5. The Labute approximate surface area is 105 Å². The lowest BCUT2D eigenvalue weighted by molar-refractivity contribution is -0.154. The number of aliphatic imine (C=N–C) groups is 1. The van der Waals surface area contributed by atoms with Gasteiger partial charge in [0, 0.05) is 20.3 Å². The molecule has 0 aromatic carbocycles. The van der Waals surface area contributed by atoms with E-state index in [-0.39, 0.29) is 6.61 Å². The van der Waals surface area contributed by atoms with Crippen LogP contribution in [0.4, 0.5) is 0 Å². The van der Waals surface area contributed by atoms with Crippen LogP contribution in [0.1, 0.15) is 20.3 Å². The van der Waals surface area contributed by atoms with Crippen LogP contribution in [0.15, 0.2) is 4.99 Å². The van der Waals surface area contributed by atoms with Gasteiger partial charge in [0.25, 0.3) is 0 Å². The molecule has 0 aromatic heterocycles. The molecule has 0 spiro atoms. The average molecular weight is 259 g/mol. The number of ether oxygens (including phenoxy) is 4. The Morgan fingerprint density at radius 1 is 1.39 bits per heavy atom. The summed E-state index contributed by atoms with van der Waals surface area (Å²) in [7, 11) is 1.47. The Morgan fingerprint density at radius 3 is 2.67 bits per heavy atom. The molecule has 0 aliphatic carbocycles. The summed E-state index contributed by atoms with van der Waals surface area (Å²) in [5, 5.41) is 0. The normalized spacial score (nSPS) is 27.2. The van der Waals surface area contributed by atoms with E-state index in [9.17, 15) is 9.59 Å². The predicted octanol–water partition coefficient (Wildman–Crippen LogP) is 0.271. The molecule has 0 saturated carbocycles. The molecule has 0 aromatic rings. The summed E-state index contributed by atoms with van der Waals surface area (Å²) in [6.45, 7) is 2.65. The Balaban J connectivity index is 2.56. The van der Waals surface area contributed by atoms with Crippen LogP contribution in [0.5, 0.6) is 0 Å². The fourth-order valence-electron chi connectivity index (χ4n) is 1.60. The van der Waals surface area contributed by atoms with E-state index in [1.165, 1.54) is 27.4 Å². The summed E-state index contributed by atoms with van der Waals surface area (Å²) in [6.07, 6.45) is 0.224. The number of carbonyl (C=O) groups excluding carboxylic acids is 2. The van der Waals surface area contributed by atoms with Crippen molar-refractivity contribution >= 4 is 18.3 Å². The van der Waals surface area contributed by atoms with Gasteiger partial charge < -0.3 is 18.9 Å². The second-order valence-corrected chi connectivity index (χ2v) is 3.81. The SMILES string of the molecule is COC=NC1C[C@H](OC(C)=O)[C@@H](COC(C)=O)O1. The first-order valence-corrected chi connectivity index (χ1v) is 5.53. The molecular weight excluding hydrogens is 242 g/mol. The molecule has 1 aliphatic rings. The maximum absolute atomic E-state index is 11.0. The molecule has 3 atom stereocenters. The van der Waals surface area contributed by atoms with Crippen molar-refractivity contribution in [1.82, 2.24) is 0 Å². The molecule has 1 unspecified atom stereocenters. The Kier molecular flexibility index (Phi) is 5.57. The molecule has 1 saturated heterocycles. The van der Waals surface area contributed by atoms with E-state index in [0.29, 0.717) is 6.42 Å². The number of carbonyl (C=O) groups is 2. The van der Waals surface area contributed by atoms with E-state index in [1.54, 1.807) is 0 Å². The lowest BCUT2D eigenvalue weighted by atomic mass is 10.2. The van der Waals surface area contributed by atoms with E-state index in [1.807, 2.05) is 0 Å². The molecule has 7 nitrogen and oxygen atoms in total. The number of hydrogen-bond acceptors (Lipinski definition) is 7. The quantitative estimate of drug-likeness (QED) is 0.400. The number of rotatable bonds is 5. The van der Waals surface area contributed by atoms with Gasteiger partial charge in [-0.1, -0.05) is 0 Å². The molecule has 1 fully saturated rings. The first kappa shape index (κ1) is 14.4. The molecule has 102 valence electrons. The van der Waals surface area contributed by atoms with E-state index < -0.39 is 30.4 Å². The predicted molar refractivity (Wildman–Crippen MR) is 61.0 cm³/mol. The molecule has 1 aliphatic heterocycles. The van der Waals surface area contributed by atoms with Gasteiger partial charge in [-0.05, 0) is 0 Å². The third-order valence-corrected chi connectivity index (χ3v) is 2.28. The van der Waals surface area contributed by atoms with Gasteiger partial charge in [0.1, 0.15) is 18.8 Å². The van der Waals surface area contributed by atoms with E-state index in [4.69, 9.17) is 14.2 Å². The van der Waals surface area contributed by atoms with Crippen LogP contribution in [-0.4, -0.2) is 50.5 Å². The minimum atomic E-state index is -0.503. The number of esters is 2. The van der Waals surface area contributed by atoms with Gasteiger partial charge in [-0.3, -0.25) is 9.59 Å². The zero-order valence-corrected chi connectivity index (χ0v) is 10.6. The van der Waals surface area contributed by atoms with Crippen LogP contribution < -0.4 is 0 Å². The summed E-state index contributed by atoms with van der Waals surface area (Å²) >= 11 is 0. The second-order valence-electron chi connectivity index (χ2n) is 3.81. The van der Waals surface area contributed by atoms with Crippen molar-refractivity contribution in [2.45, 2.75) is 38.7 Å². The summed E-state index contributed by atoms with van der Waals surface area (Å²) < 4.78 is 20.1. The molecule has 7 heteroatoms. The van der Waals surface area contributed by atoms with E-state index >= 15 is 0 Å². The highest BCUT2D eigenvalue weighted by Gasteiger charge is 2.38. The molecule has 0 radical (unpaired) electrons. The summed E-state index contributed by atoms with van der Waals surface area (Å²) in [4.78, 5) is 25.7. The fourth-order valence-corrected chi connectivity index (χ4v) is 1.60. The summed E-state index contributed by atoms with van der Waals surface area (Å²) in [5.41, 5.74) is 0. The van der Waals surface area contributed by atoms with Gasteiger partial charge >= 0.3 is 11.9 Å². The van der Waals surface area contributed by atoms with Crippen molar-refractivity contribution in [3.05, 3.63) is 0 Å². The van der Waals surface area contributed by atoms with Gasteiger partial charge in [-0.15, -0.1) is 0 Å². The zero-order valence-electron chi connectivity index (χ0n) is 10.6. The highest BCUT2D eigenvalue weighted by Crippen LogP contribution is 2.24. The van der Waals surface area contributed by atoms with Crippen molar-refractivity contribution in [3.63, 3.8) is 0 Å². The Hall–Kier alpha value is -1.63.